The Morgan fingerprint density at radius 2 is 1.03 bits per heavy atom. The van der Waals surface area contributed by atoms with Crippen LogP contribution in [0.4, 0.5) is 0 Å². The minimum atomic E-state index is -4.60. The summed E-state index contributed by atoms with van der Waals surface area (Å²) < 4.78 is 54.0. The molecule has 1 aliphatic heterocycles. The maximum Gasteiger partial charge on any atom is 0.306 e. The van der Waals surface area contributed by atoms with E-state index in [1.54, 1.807) is 0 Å². The van der Waals surface area contributed by atoms with Crippen molar-refractivity contribution in [3.63, 3.8) is 0 Å². The summed E-state index contributed by atoms with van der Waals surface area (Å²) in [6.07, 6.45) is 30.9. The van der Waals surface area contributed by atoms with Crippen LogP contribution in [0.2, 0.25) is 0 Å². The molecule has 0 spiro atoms. The van der Waals surface area contributed by atoms with Crippen LogP contribution in [0.3, 0.4) is 0 Å². The van der Waals surface area contributed by atoms with Crippen molar-refractivity contribution in [2.75, 3.05) is 19.0 Å². The molecule has 12 nitrogen and oxygen atoms in total. The Hall–Kier alpha value is -1.87. The lowest BCUT2D eigenvalue weighted by molar-refractivity contribution is -0.297. The molecule has 0 amide bonds. The summed E-state index contributed by atoms with van der Waals surface area (Å²) in [5.41, 5.74) is 0. The van der Waals surface area contributed by atoms with Crippen molar-refractivity contribution >= 4 is 22.1 Å². The summed E-state index contributed by atoms with van der Waals surface area (Å²) in [5, 5.41) is 30.9. The summed E-state index contributed by atoms with van der Waals surface area (Å²) in [6, 6.07) is 0. The van der Waals surface area contributed by atoms with Gasteiger partial charge in [-0.15, -0.1) is 0 Å². The highest BCUT2D eigenvalue weighted by atomic mass is 32.2. The molecular weight excluding hydrogens is 777 g/mol. The number of ether oxygens (including phenoxy) is 4. The number of hydrogen-bond acceptors (Lipinski definition) is 11. The predicted molar refractivity (Wildman–Crippen MR) is 233 cm³/mol. The monoisotopic (exact) mass is 861 g/mol. The van der Waals surface area contributed by atoms with Gasteiger partial charge in [0, 0.05) is 12.8 Å². The first-order valence-corrected chi connectivity index (χ1v) is 25.0. The molecule has 346 valence electrons. The molecule has 1 aliphatic rings. The van der Waals surface area contributed by atoms with Crippen LogP contribution in [0.1, 0.15) is 200 Å². The van der Waals surface area contributed by atoms with Gasteiger partial charge in [-0.1, -0.05) is 173 Å². The number of allylic oxidation sites excluding steroid dienone is 4. The molecule has 1 heterocycles. The fourth-order valence-electron chi connectivity index (χ4n) is 7.13. The second kappa shape index (κ2) is 36.8. The third-order valence-corrected chi connectivity index (χ3v) is 11.5. The number of carbonyl (C=O) groups is 2. The lowest BCUT2D eigenvalue weighted by atomic mass is 10.00. The Kier molecular flexibility index (Phi) is 34.4. The smallest absolute Gasteiger partial charge is 0.306 e. The zero-order valence-electron chi connectivity index (χ0n) is 36.9. The number of aliphatic hydroxyl groups excluding tert-OH is 3. The van der Waals surface area contributed by atoms with Crippen LogP contribution in [-0.2, 0) is 38.7 Å². The molecule has 0 aliphatic carbocycles. The standard InChI is InChI=1S/C46H84O12S/c1-3-5-7-9-11-13-15-17-19-20-21-23-25-27-29-31-33-35-42(48)57-39(37-56-46-45(51)44(50)43(49)40(58-46)38-59(52,53)54)36-55-41(47)34-32-30-28-26-24-22-18-16-14-12-10-8-6-4-2/h21,23,27,29,39-40,43-46,49-51H,3-20,22,24-26,28,30-38H2,1-2H3,(H,52,53,54)/b23-21+,29-27+/t39-,40-,43-,44?,45?,46+/m1/s1. The molecule has 2 unspecified atom stereocenters. The highest BCUT2D eigenvalue weighted by Gasteiger charge is 2.46. The molecule has 6 atom stereocenters. The Bertz CT molecular complexity index is 1190. The van der Waals surface area contributed by atoms with Gasteiger partial charge in [0.05, 0.1) is 6.61 Å². The molecule has 0 aromatic rings. The van der Waals surface area contributed by atoms with E-state index < -0.39 is 71.2 Å². The Morgan fingerprint density at radius 3 is 1.54 bits per heavy atom. The molecule has 1 fully saturated rings. The van der Waals surface area contributed by atoms with Crippen LogP contribution >= 0.6 is 0 Å². The van der Waals surface area contributed by atoms with Crippen molar-refractivity contribution in [2.45, 2.75) is 237 Å². The number of unbranched alkanes of at least 4 members (excludes halogenated alkanes) is 23. The minimum Gasteiger partial charge on any atom is -0.462 e. The van der Waals surface area contributed by atoms with Gasteiger partial charge < -0.3 is 34.3 Å². The van der Waals surface area contributed by atoms with E-state index in [0.29, 0.717) is 19.3 Å². The molecule has 1 saturated heterocycles. The van der Waals surface area contributed by atoms with E-state index in [-0.39, 0.29) is 19.4 Å². The van der Waals surface area contributed by atoms with Gasteiger partial charge in [0.1, 0.15) is 36.8 Å². The van der Waals surface area contributed by atoms with Crippen LogP contribution < -0.4 is 0 Å². The van der Waals surface area contributed by atoms with Gasteiger partial charge in [0.2, 0.25) is 0 Å². The zero-order valence-corrected chi connectivity index (χ0v) is 37.7. The first-order chi connectivity index (χ1) is 28.5. The highest BCUT2D eigenvalue weighted by molar-refractivity contribution is 7.85. The van der Waals surface area contributed by atoms with Crippen molar-refractivity contribution in [2.24, 2.45) is 0 Å². The minimum absolute atomic E-state index is 0.103. The van der Waals surface area contributed by atoms with E-state index in [4.69, 9.17) is 18.9 Å². The van der Waals surface area contributed by atoms with E-state index in [0.717, 1.165) is 32.1 Å². The van der Waals surface area contributed by atoms with Crippen LogP contribution in [0, 0.1) is 0 Å². The molecule has 1 rings (SSSR count). The number of esters is 2. The van der Waals surface area contributed by atoms with Gasteiger partial charge in [-0.25, -0.2) is 0 Å². The van der Waals surface area contributed by atoms with Crippen molar-refractivity contribution in [3.05, 3.63) is 24.3 Å². The van der Waals surface area contributed by atoms with Gasteiger partial charge in [0.15, 0.2) is 12.4 Å². The van der Waals surface area contributed by atoms with Crippen LogP contribution in [0.5, 0.6) is 0 Å². The van der Waals surface area contributed by atoms with E-state index in [1.165, 1.54) is 122 Å². The Balaban J connectivity index is 2.46. The van der Waals surface area contributed by atoms with Gasteiger partial charge in [-0.05, 0) is 38.5 Å². The third kappa shape index (κ3) is 31.6. The van der Waals surface area contributed by atoms with Crippen LogP contribution in [0.15, 0.2) is 24.3 Å². The highest BCUT2D eigenvalue weighted by Crippen LogP contribution is 2.24. The van der Waals surface area contributed by atoms with Gasteiger partial charge in [-0.3, -0.25) is 14.1 Å². The summed E-state index contributed by atoms with van der Waals surface area (Å²) in [4.78, 5) is 25.4. The van der Waals surface area contributed by atoms with E-state index >= 15 is 0 Å². The largest absolute Gasteiger partial charge is 0.462 e. The zero-order chi connectivity index (χ0) is 43.4. The van der Waals surface area contributed by atoms with E-state index in [9.17, 15) is 37.9 Å². The second-order valence-electron chi connectivity index (χ2n) is 16.4. The molecule has 0 aromatic carbocycles. The molecule has 4 N–H and O–H groups in total. The van der Waals surface area contributed by atoms with Crippen molar-refractivity contribution < 1.29 is 56.8 Å². The normalized spacial score (nSPS) is 20.4. The molecule has 0 aromatic heterocycles. The van der Waals surface area contributed by atoms with Crippen LogP contribution in [-0.4, -0.2) is 96.0 Å². The first kappa shape index (κ1) is 55.1. The fourth-order valence-corrected chi connectivity index (χ4v) is 7.82. The summed E-state index contributed by atoms with van der Waals surface area (Å²) >= 11 is 0. The lowest BCUT2D eigenvalue weighted by Crippen LogP contribution is -2.60. The average Bonchev–Trinajstić information content (AvgIpc) is 3.20. The van der Waals surface area contributed by atoms with Gasteiger partial charge in [-0.2, -0.15) is 8.42 Å². The molecule has 59 heavy (non-hydrogen) atoms. The Morgan fingerprint density at radius 1 is 0.576 bits per heavy atom. The average molecular weight is 861 g/mol. The van der Waals surface area contributed by atoms with E-state index in [2.05, 4.69) is 32.1 Å². The SMILES string of the molecule is CCCCCCCCCCC/C=C/C/C=C/CCCC(=O)O[C@H](COC(=O)CCCCCCCCCCCCCCCC)CO[C@H]1O[C@H](CS(=O)(=O)O)[C@@H](O)C(O)C1O. The third-order valence-electron chi connectivity index (χ3n) is 10.8. The van der Waals surface area contributed by atoms with Crippen molar-refractivity contribution in [1.29, 1.82) is 0 Å². The van der Waals surface area contributed by atoms with Crippen LogP contribution in [0.25, 0.3) is 0 Å². The number of aliphatic hydroxyl groups is 3. The lowest BCUT2D eigenvalue weighted by Gasteiger charge is -2.40. The fraction of sp³-hybridized carbons (Fsp3) is 0.870. The van der Waals surface area contributed by atoms with Crippen molar-refractivity contribution in [1.82, 2.24) is 0 Å². The number of hydrogen-bond donors (Lipinski definition) is 4. The molecule has 0 bridgehead atoms. The summed E-state index contributed by atoms with van der Waals surface area (Å²) in [6.45, 7) is 3.74. The molecule has 13 heteroatoms. The maximum atomic E-state index is 12.8. The topological polar surface area (TPSA) is 186 Å². The quantitative estimate of drug-likeness (QED) is 0.0199. The van der Waals surface area contributed by atoms with Gasteiger partial charge >= 0.3 is 11.9 Å². The maximum absolute atomic E-state index is 12.8. The number of carbonyl (C=O) groups excluding carboxylic acids is 2. The first-order valence-electron chi connectivity index (χ1n) is 23.4. The summed E-state index contributed by atoms with van der Waals surface area (Å²) in [7, 11) is -4.60. The van der Waals surface area contributed by atoms with Gasteiger partial charge in [0.25, 0.3) is 10.1 Å². The second-order valence-corrected chi connectivity index (χ2v) is 17.9. The molecule has 0 radical (unpaired) electrons. The van der Waals surface area contributed by atoms with Crippen molar-refractivity contribution in [3.8, 4) is 0 Å². The molecular formula is C46H84O12S. The summed E-state index contributed by atoms with van der Waals surface area (Å²) in [5.74, 6) is -2.03. The predicted octanol–water partition coefficient (Wildman–Crippen LogP) is 9.62. The number of rotatable bonds is 39. The molecule has 0 saturated carbocycles. The van der Waals surface area contributed by atoms with E-state index in [1.807, 2.05) is 6.08 Å². The Labute approximate surface area is 358 Å².